The summed E-state index contributed by atoms with van der Waals surface area (Å²) in [4.78, 5) is 15.4. The number of aromatic amines is 1. The van der Waals surface area contributed by atoms with E-state index in [4.69, 9.17) is 16.3 Å². The van der Waals surface area contributed by atoms with E-state index >= 15 is 0 Å². The van der Waals surface area contributed by atoms with Gasteiger partial charge >= 0.3 is 5.97 Å². The van der Waals surface area contributed by atoms with E-state index in [1.165, 1.54) is 0 Å². The Morgan fingerprint density at radius 1 is 1.14 bits per heavy atom. The largest absolute Gasteiger partial charge is 0.454 e. The molecule has 0 aliphatic heterocycles. The molecule has 3 rings (SSSR count). The van der Waals surface area contributed by atoms with Crippen LogP contribution in [0.2, 0.25) is 5.02 Å². The van der Waals surface area contributed by atoms with Gasteiger partial charge in [-0.25, -0.2) is 4.79 Å². The fourth-order valence-electron chi connectivity index (χ4n) is 2.33. The van der Waals surface area contributed by atoms with Crippen LogP contribution in [0.3, 0.4) is 0 Å². The van der Waals surface area contributed by atoms with Crippen molar-refractivity contribution in [3.8, 4) is 0 Å². The third-order valence-electron chi connectivity index (χ3n) is 3.44. The van der Waals surface area contributed by atoms with Crippen LogP contribution in [0.1, 0.15) is 28.9 Å². The molecule has 4 heteroatoms. The number of benzene rings is 2. The van der Waals surface area contributed by atoms with Gasteiger partial charge in [-0.1, -0.05) is 48.0 Å². The number of esters is 1. The summed E-state index contributed by atoms with van der Waals surface area (Å²) in [6.07, 6.45) is 1.27. The second kappa shape index (κ2) is 5.62. The molecule has 1 heterocycles. The summed E-state index contributed by atoms with van der Waals surface area (Å²) in [5.41, 5.74) is 2.24. The number of ether oxygens (including phenoxy) is 1. The standard InChI is InChI=1S/C17H14ClNO2/c1-11(12-6-2-4-8-15(12)18)21-17(20)14-10-19-16-9-5-3-7-13(14)16/h2-11,19H,1H3/t11-/m1/s1. The first-order valence-electron chi connectivity index (χ1n) is 6.68. The molecule has 1 atom stereocenters. The molecule has 3 aromatic rings. The molecule has 0 fully saturated rings. The molecule has 0 saturated heterocycles. The molecule has 1 aromatic heterocycles. The summed E-state index contributed by atoms with van der Waals surface area (Å²) >= 11 is 6.13. The summed E-state index contributed by atoms with van der Waals surface area (Å²) in [7, 11) is 0. The molecule has 0 amide bonds. The number of halogens is 1. The highest BCUT2D eigenvalue weighted by Gasteiger charge is 2.18. The summed E-state index contributed by atoms with van der Waals surface area (Å²) in [6, 6.07) is 15.0. The summed E-state index contributed by atoms with van der Waals surface area (Å²) in [5, 5.41) is 1.45. The normalized spacial score (nSPS) is 12.3. The molecule has 0 aliphatic rings. The van der Waals surface area contributed by atoms with Crippen LogP contribution in [-0.2, 0) is 4.74 Å². The van der Waals surface area contributed by atoms with Gasteiger partial charge in [0, 0.05) is 27.7 Å². The van der Waals surface area contributed by atoms with Gasteiger partial charge < -0.3 is 9.72 Å². The zero-order valence-electron chi connectivity index (χ0n) is 11.5. The predicted octanol–water partition coefficient (Wildman–Crippen LogP) is 4.74. The second-order valence-corrected chi connectivity index (χ2v) is 5.22. The van der Waals surface area contributed by atoms with Gasteiger partial charge in [-0.15, -0.1) is 0 Å². The highest BCUT2D eigenvalue weighted by molar-refractivity contribution is 6.31. The zero-order chi connectivity index (χ0) is 14.8. The molecule has 21 heavy (non-hydrogen) atoms. The molecule has 0 aliphatic carbocycles. The Morgan fingerprint density at radius 3 is 2.67 bits per heavy atom. The highest BCUT2D eigenvalue weighted by Crippen LogP contribution is 2.27. The number of H-pyrrole nitrogens is 1. The molecule has 0 unspecified atom stereocenters. The summed E-state index contributed by atoms with van der Waals surface area (Å²) in [5.74, 6) is -0.361. The Morgan fingerprint density at radius 2 is 1.86 bits per heavy atom. The van der Waals surface area contributed by atoms with Gasteiger partial charge in [0.05, 0.1) is 5.56 Å². The molecule has 0 spiro atoms. The van der Waals surface area contributed by atoms with Gasteiger partial charge in [-0.05, 0) is 19.1 Å². The summed E-state index contributed by atoms with van der Waals surface area (Å²) in [6.45, 7) is 1.81. The zero-order valence-corrected chi connectivity index (χ0v) is 12.2. The van der Waals surface area contributed by atoms with Crippen LogP contribution in [-0.4, -0.2) is 11.0 Å². The number of aromatic nitrogens is 1. The van der Waals surface area contributed by atoms with E-state index < -0.39 is 6.10 Å². The van der Waals surface area contributed by atoms with Crippen LogP contribution in [0, 0.1) is 0 Å². The first kappa shape index (κ1) is 13.7. The van der Waals surface area contributed by atoms with Crippen LogP contribution in [0.15, 0.2) is 54.7 Å². The average molecular weight is 300 g/mol. The van der Waals surface area contributed by atoms with Crippen LogP contribution in [0.25, 0.3) is 10.9 Å². The minimum Gasteiger partial charge on any atom is -0.454 e. The number of para-hydroxylation sites is 1. The Kier molecular flexibility index (Phi) is 3.67. The van der Waals surface area contributed by atoms with Crippen molar-refractivity contribution >= 4 is 28.5 Å². The van der Waals surface area contributed by atoms with Gasteiger partial charge in [-0.2, -0.15) is 0 Å². The molecular weight excluding hydrogens is 286 g/mol. The lowest BCUT2D eigenvalue weighted by atomic mass is 10.1. The van der Waals surface area contributed by atoms with Crippen molar-refractivity contribution in [2.24, 2.45) is 0 Å². The van der Waals surface area contributed by atoms with Crippen LogP contribution in [0.4, 0.5) is 0 Å². The maximum absolute atomic E-state index is 12.3. The lowest BCUT2D eigenvalue weighted by Gasteiger charge is -2.14. The van der Waals surface area contributed by atoms with Gasteiger partial charge in [-0.3, -0.25) is 0 Å². The summed E-state index contributed by atoms with van der Waals surface area (Å²) < 4.78 is 5.53. The monoisotopic (exact) mass is 299 g/mol. The minimum absolute atomic E-state index is 0.361. The molecular formula is C17H14ClNO2. The van der Waals surface area contributed by atoms with E-state index in [0.717, 1.165) is 16.5 Å². The molecule has 0 bridgehead atoms. The quantitative estimate of drug-likeness (QED) is 0.710. The average Bonchev–Trinajstić information content (AvgIpc) is 2.91. The number of hydrogen-bond acceptors (Lipinski definition) is 2. The number of fused-ring (bicyclic) bond motifs is 1. The Labute approximate surface area is 127 Å². The van der Waals surface area contributed by atoms with E-state index in [1.807, 2.05) is 49.4 Å². The maximum atomic E-state index is 12.3. The van der Waals surface area contributed by atoms with Crippen LogP contribution >= 0.6 is 11.6 Å². The third-order valence-corrected chi connectivity index (χ3v) is 3.78. The van der Waals surface area contributed by atoms with Crippen molar-refractivity contribution in [1.82, 2.24) is 4.98 Å². The molecule has 3 nitrogen and oxygen atoms in total. The molecule has 106 valence electrons. The van der Waals surface area contributed by atoms with Gasteiger partial charge in [0.2, 0.25) is 0 Å². The number of carbonyl (C=O) groups excluding carboxylic acids is 1. The number of nitrogens with one attached hydrogen (secondary N) is 1. The van der Waals surface area contributed by atoms with E-state index in [0.29, 0.717) is 10.6 Å². The van der Waals surface area contributed by atoms with Crippen molar-refractivity contribution in [2.45, 2.75) is 13.0 Å². The topological polar surface area (TPSA) is 42.1 Å². The first-order valence-corrected chi connectivity index (χ1v) is 7.06. The Hall–Kier alpha value is -2.26. The maximum Gasteiger partial charge on any atom is 0.340 e. The fraction of sp³-hybridized carbons (Fsp3) is 0.118. The Bertz CT molecular complexity index is 794. The van der Waals surface area contributed by atoms with Crippen molar-refractivity contribution in [3.05, 3.63) is 70.9 Å². The second-order valence-electron chi connectivity index (χ2n) is 4.82. The predicted molar refractivity (Wildman–Crippen MR) is 83.6 cm³/mol. The van der Waals surface area contributed by atoms with Gasteiger partial charge in [0.15, 0.2) is 0 Å². The number of carbonyl (C=O) groups is 1. The van der Waals surface area contributed by atoms with Crippen molar-refractivity contribution in [2.75, 3.05) is 0 Å². The Balaban J connectivity index is 1.85. The molecule has 0 radical (unpaired) electrons. The van der Waals surface area contributed by atoms with Crippen molar-refractivity contribution in [3.63, 3.8) is 0 Å². The fourth-order valence-corrected chi connectivity index (χ4v) is 2.62. The minimum atomic E-state index is -0.403. The lowest BCUT2D eigenvalue weighted by molar-refractivity contribution is 0.0340. The molecule has 1 N–H and O–H groups in total. The van der Waals surface area contributed by atoms with E-state index in [2.05, 4.69) is 4.98 Å². The SMILES string of the molecule is C[C@@H](OC(=O)c1c[nH]c2ccccc12)c1ccccc1Cl. The number of rotatable bonds is 3. The van der Waals surface area contributed by atoms with Crippen molar-refractivity contribution < 1.29 is 9.53 Å². The lowest BCUT2D eigenvalue weighted by Crippen LogP contribution is -2.09. The smallest absolute Gasteiger partial charge is 0.340 e. The van der Waals surface area contributed by atoms with Gasteiger partial charge in [0.1, 0.15) is 6.10 Å². The van der Waals surface area contributed by atoms with E-state index in [1.54, 1.807) is 12.3 Å². The number of hydrogen-bond donors (Lipinski definition) is 1. The molecule has 0 saturated carbocycles. The van der Waals surface area contributed by atoms with Gasteiger partial charge in [0.25, 0.3) is 0 Å². The highest BCUT2D eigenvalue weighted by atomic mass is 35.5. The molecule has 2 aromatic carbocycles. The first-order chi connectivity index (χ1) is 10.2. The van der Waals surface area contributed by atoms with Crippen LogP contribution in [0.5, 0.6) is 0 Å². The van der Waals surface area contributed by atoms with E-state index in [-0.39, 0.29) is 5.97 Å². The third kappa shape index (κ3) is 2.65. The van der Waals surface area contributed by atoms with E-state index in [9.17, 15) is 4.79 Å². The van der Waals surface area contributed by atoms with Crippen LogP contribution < -0.4 is 0 Å². The van der Waals surface area contributed by atoms with Crippen molar-refractivity contribution in [1.29, 1.82) is 0 Å².